The van der Waals surface area contributed by atoms with E-state index in [2.05, 4.69) is 11.9 Å². The van der Waals surface area contributed by atoms with Gasteiger partial charge in [0.05, 0.1) is 18.7 Å². The summed E-state index contributed by atoms with van der Waals surface area (Å²) < 4.78 is 5.75. The highest BCUT2D eigenvalue weighted by Crippen LogP contribution is 2.32. The number of carbonyl (C=O) groups is 1. The van der Waals surface area contributed by atoms with Crippen LogP contribution in [0.25, 0.3) is 10.6 Å². The second-order valence-electron chi connectivity index (χ2n) is 5.12. The molecule has 1 unspecified atom stereocenters. The molecule has 0 spiro atoms. The molecular formula is C16H17Cl2NO2S. The number of ether oxygens (including phenoxy) is 1. The van der Waals surface area contributed by atoms with Crippen LogP contribution in [0.2, 0.25) is 9.36 Å². The van der Waals surface area contributed by atoms with Crippen molar-refractivity contribution >= 4 is 40.5 Å². The average molecular weight is 358 g/mol. The third-order valence-corrected chi connectivity index (χ3v) is 4.92. The summed E-state index contributed by atoms with van der Waals surface area (Å²) in [7, 11) is 0. The number of halogens is 2. The second-order valence-corrected chi connectivity index (χ2v) is 7.16. The highest BCUT2D eigenvalue weighted by atomic mass is 35.5. The molecule has 1 atom stereocenters. The number of benzene rings is 1. The number of thiazole rings is 1. The van der Waals surface area contributed by atoms with E-state index in [0.717, 1.165) is 17.0 Å². The largest absolute Gasteiger partial charge is 0.465 e. The molecule has 1 aromatic heterocycles. The minimum atomic E-state index is -0.296. The normalized spacial score (nSPS) is 12.2. The second kappa shape index (κ2) is 7.95. The van der Waals surface area contributed by atoms with Gasteiger partial charge in [-0.05, 0) is 18.1 Å². The van der Waals surface area contributed by atoms with Crippen LogP contribution in [0.3, 0.4) is 0 Å². The zero-order valence-electron chi connectivity index (χ0n) is 12.4. The summed E-state index contributed by atoms with van der Waals surface area (Å²) >= 11 is 13.4. The number of aromatic nitrogens is 1. The first-order valence-electron chi connectivity index (χ1n) is 7.06. The first kappa shape index (κ1) is 17.3. The molecule has 0 bridgehead atoms. The molecule has 0 amide bonds. The molecule has 6 heteroatoms. The van der Waals surface area contributed by atoms with E-state index < -0.39 is 0 Å². The summed E-state index contributed by atoms with van der Waals surface area (Å²) in [5.41, 5.74) is 1.49. The summed E-state index contributed by atoms with van der Waals surface area (Å²) in [6.07, 6.45) is 1.07. The standard InChI is InChI=1S/C16H17Cl2NO2S/c1-3-10(2)9-21-14(20)8-13-15(18)22-16(19-13)11-4-6-12(17)7-5-11/h4-7,10H,3,8-9H2,1-2H3. The van der Waals surface area contributed by atoms with Crippen molar-refractivity contribution in [2.45, 2.75) is 26.7 Å². The lowest BCUT2D eigenvalue weighted by Gasteiger charge is -2.08. The minimum absolute atomic E-state index is 0.0966. The van der Waals surface area contributed by atoms with Crippen LogP contribution in [0.1, 0.15) is 26.0 Å². The van der Waals surface area contributed by atoms with Gasteiger partial charge in [-0.25, -0.2) is 4.98 Å². The quantitative estimate of drug-likeness (QED) is 0.662. The van der Waals surface area contributed by atoms with E-state index in [9.17, 15) is 4.79 Å². The van der Waals surface area contributed by atoms with Crippen LogP contribution in [0, 0.1) is 5.92 Å². The van der Waals surface area contributed by atoms with E-state index in [-0.39, 0.29) is 12.4 Å². The van der Waals surface area contributed by atoms with Gasteiger partial charge < -0.3 is 4.74 Å². The number of rotatable bonds is 6. The Balaban J connectivity index is 2.03. The highest BCUT2D eigenvalue weighted by Gasteiger charge is 2.16. The molecule has 3 nitrogen and oxygen atoms in total. The van der Waals surface area contributed by atoms with Crippen molar-refractivity contribution in [3.63, 3.8) is 0 Å². The lowest BCUT2D eigenvalue weighted by atomic mass is 10.1. The monoisotopic (exact) mass is 357 g/mol. The molecule has 0 aliphatic heterocycles. The lowest BCUT2D eigenvalue weighted by Crippen LogP contribution is -2.13. The van der Waals surface area contributed by atoms with Gasteiger partial charge in [0.25, 0.3) is 0 Å². The molecule has 0 aliphatic carbocycles. The van der Waals surface area contributed by atoms with E-state index >= 15 is 0 Å². The minimum Gasteiger partial charge on any atom is -0.465 e. The Hall–Kier alpha value is -1.10. The summed E-state index contributed by atoms with van der Waals surface area (Å²) in [4.78, 5) is 16.3. The maximum atomic E-state index is 11.8. The van der Waals surface area contributed by atoms with Crippen molar-refractivity contribution < 1.29 is 9.53 Å². The summed E-state index contributed by atoms with van der Waals surface area (Å²) in [6.45, 7) is 4.54. The highest BCUT2D eigenvalue weighted by molar-refractivity contribution is 7.19. The molecule has 0 aliphatic rings. The Morgan fingerprint density at radius 1 is 1.32 bits per heavy atom. The third-order valence-electron chi connectivity index (χ3n) is 3.28. The molecular weight excluding hydrogens is 341 g/mol. The first-order valence-corrected chi connectivity index (χ1v) is 8.63. The van der Waals surface area contributed by atoms with Gasteiger partial charge in [-0.3, -0.25) is 4.79 Å². The average Bonchev–Trinajstić information content (AvgIpc) is 2.86. The van der Waals surface area contributed by atoms with E-state index in [1.54, 1.807) is 12.1 Å². The van der Waals surface area contributed by atoms with Crippen LogP contribution in [0.5, 0.6) is 0 Å². The lowest BCUT2D eigenvalue weighted by molar-refractivity contribution is -0.144. The Morgan fingerprint density at radius 2 is 2.00 bits per heavy atom. The fraction of sp³-hybridized carbons (Fsp3) is 0.375. The van der Waals surface area contributed by atoms with E-state index in [1.165, 1.54) is 11.3 Å². The van der Waals surface area contributed by atoms with Gasteiger partial charge in [0, 0.05) is 10.6 Å². The first-order chi connectivity index (χ1) is 10.5. The molecule has 0 saturated carbocycles. The van der Waals surface area contributed by atoms with Crippen molar-refractivity contribution in [1.82, 2.24) is 4.98 Å². The van der Waals surface area contributed by atoms with Crippen LogP contribution in [-0.2, 0) is 16.0 Å². The van der Waals surface area contributed by atoms with Crippen LogP contribution in [0.15, 0.2) is 24.3 Å². The van der Waals surface area contributed by atoms with Gasteiger partial charge >= 0.3 is 5.97 Å². The third kappa shape index (κ3) is 4.70. The van der Waals surface area contributed by atoms with Gasteiger partial charge in [-0.2, -0.15) is 0 Å². The van der Waals surface area contributed by atoms with Crippen LogP contribution < -0.4 is 0 Å². The van der Waals surface area contributed by atoms with E-state index in [1.807, 2.05) is 19.1 Å². The summed E-state index contributed by atoms with van der Waals surface area (Å²) in [5, 5.41) is 1.44. The predicted octanol–water partition coefficient (Wildman–Crippen LogP) is 5.25. The van der Waals surface area contributed by atoms with Crippen LogP contribution >= 0.6 is 34.5 Å². The number of carbonyl (C=O) groups excluding carboxylic acids is 1. The van der Waals surface area contributed by atoms with E-state index in [0.29, 0.717) is 27.6 Å². The van der Waals surface area contributed by atoms with Crippen LogP contribution in [-0.4, -0.2) is 17.6 Å². The van der Waals surface area contributed by atoms with E-state index in [4.69, 9.17) is 27.9 Å². The Labute approximate surface area is 144 Å². The number of hydrogen-bond donors (Lipinski definition) is 0. The maximum absolute atomic E-state index is 11.8. The van der Waals surface area contributed by atoms with Gasteiger partial charge in [0.15, 0.2) is 0 Å². The topological polar surface area (TPSA) is 39.2 Å². The molecule has 0 saturated heterocycles. The van der Waals surface area contributed by atoms with Crippen LogP contribution in [0.4, 0.5) is 0 Å². The zero-order chi connectivity index (χ0) is 16.1. The van der Waals surface area contributed by atoms with Gasteiger partial charge in [0.1, 0.15) is 9.34 Å². The molecule has 0 radical (unpaired) electrons. The molecule has 2 aromatic rings. The van der Waals surface area contributed by atoms with Crippen molar-refractivity contribution in [2.75, 3.05) is 6.61 Å². The summed E-state index contributed by atoms with van der Waals surface area (Å²) in [6, 6.07) is 7.35. The SMILES string of the molecule is CCC(C)COC(=O)Cc1nc(-c2ccc(Cl)cc2)sc1Cl. The zero-order valence-corrected chi connectivity index (χ0v) is 14.8. The van der Waals surface area contributed by atoms with Crippen molar-refractivity contribution in [3.05, 3.63) is 39.3 Å². The maximum Gasteiger partial charge on any atom is 0.311 e. The molecule has 1 aromatic carbocycles. The smallest absolute Gasteiger partial charge is 0.311 e. The molecule has 1 heterocycles. The van der Waals surface area contributed by atoms with Gasteiger partial charge in [-0.1, -0.05) is 55.6 Å². The summed E-state index contributed by atoms with van der Waals surface area (Å²) in [5.74, 6) is 0.0645. The molecule has 0 fully saturated rings. The Kier molecular flexibility index (Phi) is 6.24. The van der Waals surface area contributed by atoms with Crippen molar-refractivity contribution in [3.8, 4) is 10.6 Å². The van der Waals surface area contributed by atoms with Crippen molar-refractivity contribution in [2.24, 2.45) is 5.92 Å². The number of hydrogen-bond acceptors (Lipinski definition) is 4. The Morgan fingerprint density at radius 3 is 2.64 bits per heavy atom. The Bertz CT molecular complexity index is 640. The predicted molar refractivity (Wildman–Crippen MR) is 91.7 cm³/mol. The molecule has 118 valence electrons. The number of esters is 1. The molecule has 0 N–H and O–H groups in total. The molecule has 22 heavy (non-hydrogen) atoms. The molecule has 2 rings (SSSR count). The fourth-order valence-corrected chi connectivity index (χ4v) is 2.97. The van der Waals surface area contributed by atoms with Gasteiger partial charge in [0.2, 0.25) is 0 Å². The fourth-order valence-electron chi connectivity index (χ4n) is 1.70. The number of nitrogens with zero attached hydrogens (tertiary/aromatic N) is 1. The van der Waals surface area contributed by atoms with Gasteiger partial charge in [-0.15, -0.1) is 11.3 Å². The van der Waals surface area contributed by atoms with Crippen molar-refractivity contribution in [1.29, 1.82) is 0 Å².